The van der Waals surface area contributed by atoms with E-state index >= 15 is 0 Å². The Labute approximate surface area is 122 Å². The summed E-state index contributed by atoms with van der Waals surface area (Å²) < 4.78 is 6.44. The highest BCUT2D eigenvalue weighted by Crippen LogP contribution is 2.54. The van der Waals surface area contributed by atoms with Crippen LogP contribution in [0.3, 0.4) is 0 Å². The van der Waals surface area contributed by atoms with Crippen molar-refractivity contribution in [2.24, 2.45) is 5.41 Å². The molecular formula is C18H27NO. The van der Waals surface area contributed by atoms with Crippen molar-refractivity contribution in [3.63, 3.8) is 0 Å². The van der Waals surface area contributed by atoms with Crippen LogP contribution in [0.25, 0.3) is 0 Å². The van der Waals surface area contributed by atoms with Crippen molar-refractivity contribution in [2.45, 2.75) is 65.0 Å². The van der Waals surface area contributed by atoms with Crippen molar-refractivity contribution in [1.29, 1.82) is 0 Å². The number of benzene rings is 1. The minimum Gasteiger partial charge on any atom is -0.489 e. The summed E-state index contributed by atoms with van der Waals surface area (Å²) in [5.41, 5.74) is 2.95. The summed E-state index contributed by atoms with van der Waals surface area (Å²) in [6.07, 6.45) is 6.99. The molecule has 2 saturated carbocycles. The molecule has 2 aliphatic carbocycles. The molecule has 20 heavy (non-hydrogen) atoms. The third-order valence-corrected chi connectivity index (χ3v) is 5.38. The van der Waals surface area contributed by atoms with Gasteiger partial charge >= 0.3 is 0 Å². The number of ether oxygens (including phenoxy) is 1. The number of aryl methyl sites for hydroxylation is 2. The lowest BCUT2D eigenvalue weighted by Crippen LogP contribution is -2.63. The minimum absolute atomic E-state index is 0.409. The summed E-state index contributed by atoms with van der Waals surface area (Å²) in [6.45, 7) is 7.57. The number of hydrogen-bond donors (Lipinski definition) is 1. The first kappa shape index (κ1) is 13.9. The van der Waals surface area contributed by atoms with E-state index < -0.39 is 0 Å². The van der Waals surface area contributed by atoms with Crippen LogP contribution in [0.4, 0.5) is 0 Å². The molecular weight excluding hydrogens is 246 g/mol. The van der Waals surface area contributed by atoms with Crippen LogP contribution >= 0.6 is 0 Å². The Bertz CT molecular complexity index is 476. The van der Waals surface area contributed by atoms with Gasteiger partial charge in [0, 0.05) is 17.9 Å². The average molecular weight is 273 g/mol. The molecule has 1 aromatic carbocycles. The van der Waals surface area contributed by atoms with E-state index in [9.17, 15) is 0 Å². The van der Waals surface area contributed by atoms with Gasteiger partial charge in [-0.05, 0) is 50.4 Å². The zero-order valence-corrected chi connectivity index (χ0v) is 13.0. The molecule has 2 unspecified atom stereocenters. The maximum absolute atomic E-state index is 6.44. The Morgan fingerprint density at radius 2 is 2.00 bits per heavy atom. The highest BCUT2D eigenvalue weighted by Gasteiger charge is 2.57. The zero-order valence-electron chi connectivity index (χ0n) is 13.0. The first-order valence-electron chi connectivity index (χ1n) is 8.13. The standard InChI is InChI=1S/C18H27NO/c1-4-19-16-12-17(18(16)9-5-6-10-18)20-15-11-13(2)7-8-14(15)3/h7-8,11,16-17,19H,4-6,9-10,12H2,1-3H3. The van der Waals surface area contributed by atoms with Crippen LogP contribution in [-0.4, -0.2) is 18.7 Å². The minimum atomic E-state index is 0.409. The second-order valence-electron chi connectivity index (χ2n) is 6.66. The number of hydrogen-bond acceptors (Lipinski definition) is 2. The fourth-order valence-corrected chi connectivity index (χ4v) is 4.14. The third-order valence-electron chi connectivity index (χ3n) is 5.38. The molecule has 2 atom stereocenters. The molecule has 2 aliphatic rings. The van der Waals surface area contributed by atoms with Crippen molar-refractivity contribution < 1.29 is 4.74 Å². The van der Waals surface area contributed by atoms with E-state index in [-0.39, 0.29) is 0 Å². The van der Waals surface area contributed by atoms with Crippen molar-refractivity contribution >= 4 is 0 Å². The molecule has 0 saturated heterocycles. The second-order valence-corrected chi connectivity index (χ2v) is 6.66. The van der Waals surface area contributed by atoms with E-state index in [0.29, 0.717) is 17.6 Å². The van der Waals surface area contributed by atoms with Gasteiger partial charge in [-0.1, -0.05) is 31.9 Å². The molecule has 0 aliphatic heterocycles. The van der Waals surface area contributed by atoms with E-state index in [1.54, 1.807) is 0 Å². The lowest BCUT2D eigenvalue weighted by Gasteiger charge is -2.54. The van der Waals surface area contributed by atoms with Crippen LogP contribution < -0.4 is 10.1 Å². The molecule has 2 fully saturated rings. The lowest BCUT2D eigenvalue weighted by molar-refractivity contribution is -0.0758. The van der Waals surface area contributed by atoms with Crippen molar-refractivity contribution in [2.75, 3.05) is 6.54 Å². The first-order chi connectivity index (χ1) is 9.65. The molecule has 2 heteroatoms. The van der Waals surface area contributed by atoms with Gasteiger partial charge in [-0.2, -0.15) is 0 Å². The van der Waals surface area contributed by atoms with Crippen LogP contribution in [-0.2, 0) is 0 Å². The molecule has 3 rings (SSSR count). The predicted molar refractivity (Wildman–Crippen MR) is 83.3 cm³/mol. The van der Waals surface area contributed by atoms with Gasteiger partial charge in [-0.15, -0.1) is 0 Å². The van der Waals surface area contributed by atoms with Gasteiger partial charge in [0.15, 0.2) is 0 Å². The Balaban J connectivity index is 1.76. The van der Waals surface area contributed by atoms with Gasteiger partial charge in [0.25, 0.3) is 0 Å². The Morgan fingerprint density at radius 3 is 2.70 bits per heavy atom. The smallest absolute Gasteiger partial charge is 0.122 e. The van der Waals surface area contributed by atoms with Crippen molar-refractivity contribution in [3.05, 3.63) is 29.3 Å². The second kappa shape index (κ2) is 5.40. The molecule has 110 valence electrons. The molecule has 1 spiro atoms. The van der Waals surface area contributed by atoms with Gasteiger partial charge in [0.05, 0.1) is 0 Å². The fourth-order valence-electron chi connectivity index (χ4n) is 4.14. The lowest BCUT2D eigenvalue weighted by atomic mass is 9.60. The van der Waals surface area contributed by atoms with Crippen LogP contribution in [0.1, 0.15) is 50.2 Å². The maximum atomic E-state index is 6.44. The van der Waals surface area contributed by atoms with E-state index in [0.717, 1.165) is 12.3 Å². The quantitative estimate of drug-likeness (QED) is 0.895. The SMILES string of the molecule is CCNC1CC(Oc2cc(C)ccc2C)C12CCCC2. The predicted octanol–water partition coefficient (Wildman–Crippen LogP) is 3.99. The summed E-state index contributed by atoms with van der Waals surface area (Å²) >= 11 is 0. The normalized spacial score (nSPS) is 27.6. The molecule has 0 aromatic heterocycles. The van der Waals surface area contributed by atoms with Crippen LogP contribution in [0, 0.1) is 19.3 Å². The average Bonchev–Trinajstić information content (AvgIpc) is 2.94. The number of rotatable bonds is 4. The fraction of sp³-hybridized carbons (Fsp3) is 0.667. The van der Waals surface area contributed by atoms with Gasteiger partial charge < -0.3 is 10.1 Å². The van der Waals surface area contributed by atoms with Crippen molar-refractivity contribution in [1.82, 2.24) is 5.32 Å². The summed E-state index contributed by atoms with van der Waals surface area (Å²) in [4.78, 5) is 0. The van der Waals surface area contributed by atoms with E-state index in [4.69, 9.17) is 4.74 Å². The van der Waals surface area contributed by atoms with Gasteiger partial charge in [0.1, 0.15) is 11.9 Å². The van der Waals surface area contributed by atoms with E-state index in [2.05, 4.69) is 44.3 Å². The van der Waals surface area contributed by atoms with Crippen LogP contribution in [0.15, 0.2) is 18.2 Å². The molecule has 2 nitrogen and oxygen atoms in total. The molecule has 0 heterocycles. The van der Waals surface area contributed by atoms with Crippen molar-refractivity contribution in [3.8, 4) is 5.75 Å². The van der Waals surface area contributed by atoms with Gasteiger partial charge in [0.2, 0.25) is 0 Å². The molecule has 0 amide bonds. The monoisotopic (exact) mass is 273 g/mol. The third kappa shape index (κ3) is 2.24. The maximum Gasteiger partial charge on any atom is 0.122 e. The summed E-state index contributed by atoms with van der Waals surface area (Å²) in [5, 5.41) is 3.68. The topological polar surface area (TPSA) is 21.3 Å². The number of nitrogens with one attached hydrogen (secondary N) is 1. The summed E-state index contributed by atoms with van der Waals surface area (Å²) in [5.74, 6) is 1.09. The Hall–Kier alpha value is -1.02. The molecule has 1 N–H and O–H groups in total. The van der Waals surface area contributed by atoms with Crippen LogP contribution in [0.2, 0.25) is 0 Å². The van der Waals surface area contributed by atoms with Gasteiger partial charge in [-0.25, -0.2) is 0 Å². The van der Waals surface area contributed by atoms with E-state index in [1.165, 1.54) is 43.2 Å². The molecule has 0 radical (unpaired) electrons. The molecule has 0 bridgehead atoms. The van der Waals surface area contributed by atoms with E-state index in [1.807, 2.05) is 0 Å². The molecule has 1 aromatic rings. The zero-order chi connectivity index (χ0) is 14.2. The summed E-state index contributed by atoms with van der Waals surface area (Å²) in [6, 6.07) is 7.20. The summed E-state index contributed by atoms with van der Waals surface area (Å²) in [7, 11) is 0. The Morgan fingerprint density at radius 1 is 1.25 bits per heavy atom. The van der Waals surface area contributed by atoms with Gasteiger partial charge in [-0.3, -0.25) is 0 Å². The van der Waals surface area contributed by atoms with Crippen LogP contribution in [0.5, 0.6) is 5.75 Å². The Kier molecular flexibility index (Phi) is 3.76. The highest BCUT2D eigenvalue weighted by molar-refractivity contribution is 5.36. The highest BCUT2D eigenvalue weighted by atomic mass is 16.5. The largest absolute Gasteiger partial charge is 0.489 e. The first-order valence-corrected chi connectivity index (χ1v) is 8.13.